The van der Waals surface area contributed by atoms with Crippen LogP contribution in [0.25, 0.3) is 0 Å². The summed E-state index contributed by atoms with van der Waals surface area (Å²) >= 11 is 0. The monoisotopic (exact) mass is 327 g/mol. The summed E-state index contributed by atoms with van der Waals surface area (Å²) in [6.07, 6.45) is 2.36. The summed E-state index contributed by atoms with van der Waals surface area (Å²) in [5.74, 6) is -0.291. The molecule has 0 aliphatic carbocycles. The number of urea groups is 1. The molecule has 2 aromatic rings. The summed E-state index contributed by atoms with van der Waals surface area (Å²) < 4.78 is 13.3. The largest absolute Gasteiger partial charge is 0.370 e. The van der Waals surface area contributed by atoms with Crippen molar-refractivity contribution < 1.29 is 9.18 Å². The molecule has 1 aliphatic heterocycles. The lowest BCUT2D eigenvalue weighted by Gasteiger charge is -2.23. The highest BCUT2D eigenvalue weighted by molar-refractivity contribution is 5.93. The molecule has 0 radical (unpaired) electrons. The first-order valence-electron chi connectivity index (χ1n) is 8.24. The molecular weight excluding hydrogens is 305 g/mol. The summed E-state index contributed by atoms with van der Waals surface area (Å²) in [5, 5.41) is 2.97. The zero-order chi connectivity index (χ0) is 16.9. The number of benzene rings is 2. The highest BCUT2D eigenvalue weighted by atomic mass is 19.1. The average molecular weight is 327 g/mol. The lowest BCUT2D eigenvalue weighted by Crippen LogP contribution is -2.31. The highest BCUT2D eigenvalue weighted by Crippen LogP contribution is 2.28. The number of amides is 2. The van der Waals surface area contributed by atoms with Crippen LogP contribution >= 0.6 is 0 Å². The Bertz CT molecular complexity index is 713. The molecule has 0 unspecified atom stereocenters. The molecule has 2 aromatic carbocycles. The maximum Gasteiger partial charge on any atom is 0.321 e. The fraction of sp³-hybridized carbons (Fsp3) is 0.316. The van der Waals surface area contributed by atoms with Crippen LogP contribution in [0.1, 0.15) is 18.4 Å². The van der Waals surface area contributed by atoms with Crippen LogP contribution in [0, 0.1) is 5.82 Å². The molecule has 4 nitrogen and oxygen atoms in total. The third kappa shape index (κ3) is 3.85. The van der Waals surface area contributed by atoms with Crippen LogP contribution < -0.4 is 10.2 Å². The van der Waals surface area contributed by atoms with E-state index in [1.807, 2.05) is 30.3 Å². The minimum Gasteiger partial charge on any atom is -0.370 e. The van der Waals surface area contributed by atoms with Crippen LogP contribution in [-0.2, 0) is 6.54 Å². The molecule has 24 heavy (non-hydrogen) atoms. The molecule has 1 aliphatic rings. The van der Waals surface area contributed by atoms with E-state index in [4.69, 9.17) is 0 Å². The number of nitrogens with zero attached hydrogens (tertiary/aromatic N) is 2. The Morgan fingerprint density at radius 2 is 1.92 bits per heavy atom. The number of hydrogen-bond acceptors (Lipinski definition) is 2. The average Bonchev–Trinajstić information content (AvgIpc) is 3.09. The zero-order valence-electron chi connectivity index (χ0n) is 13.8. The first kappa shape index (κ1) is 16.3. The summed E-state index contributed by atoms with van der Waals surface area (Å²) in [6, 6.07) is 14.0. The molecule has 2 amide bonds. The molecule has 1 heterocycles. The van der Waals surface area contributed by atoms with E-state index in [1.54, 1.807) is 18.0 Å². The van der Waals surface area contributed by atoms with Gasteiger partial charge in [0, 0.05) is 26.7 Å². The zero-order valence-corrected chi connectivity index (χ0v) is 13.8. The van der Waals surface area contributed by atoms with E-state index in [9.17, 15) is 9.18 Å². The third-order valence-corrected chi connectivity index (χ3v) is 4.25. The van der Waals surface area contributed by atoms with E-state index in [2.05, 4.69) is 10.2 Å². The van der Waals surface area contributed by atoms with Gasteiger partial charge in [-0.15, -0.1) is 0 Å². The molecule has 5 heteroatoms. The van der Waals surface area contributed by atoms with Gasteiger partial charge in [-0.3, -0.25) is 0 Å². The number of carbonyl (C=O) groups excluding carboxylic acids is 1. The lowest BCUT2D eigenvalue weighted by atomic mass is 10.2. The van der Waals surface area contributed by atoms with Crippen molar-refractivity contribution in [2.45, 2.75) is 19.4 Å². The fourth-order valence-corrected chi connectivity index (χ4v) is 3.00. The Morgan fingerprint density at radius 3 is 2.67 bits per heavy atom. The normalized spacial score (nSPS) is 13.8. The Hall–Kier alpha value is -2.56. The number of hydrogen-bond donors (Lipinski definition) is 1. The fourth-order valence-electron chi connectivity index (χ4n) is 3.00. The van der Waals surface area contributed by atoms with Crippen LogP contribution in [0.15, 0.2) is 48.5 Å². The predicted octanol–water partition coefficient (Wildman–Crippen LogP) is 4.09. The summed E-state index contributed by atoms with van der Waals surface area (Å²) in [7, 11) is 1.71. The maximum absolute atomic E-state index is 13.3. The van der Waals surface area contributed by atoms with Crippen molar-refractivity contribution in [1.29, 1.82) is 0 Å². The van der Waals surface area contributed by atoms with Crippen molar-refractivity contribution in [2.75, 3.05) is 30.4 Å². The van der Waals surface area contributed by atoms with Crippen molar-refractivity contribution in [3.8, 4) is 0 Å². The van der Waals surface area contributed by atoms with E-state index in [0.29, 0.717) is 6.54 Å². The molecule has 0 atom stereocenters. The molecule has 0 bridgehead atoms. The standard InChI is InChI=1S/C19H22FN3O/c1-22(14-15-7-6-8-16(20)13-15)19(24)21-17-9-2-3-10-18(17)23-11-4-5-12-23/h2-3,6-10,13H,4-5,11-12,14H2,1H3,(H,21,24). The smallest absolute Gasteiger partial charge is 0.321 e. The van der Waals surface area contributed by atoms with Crippen molar-refractivity contribution in [1.82, 2.24) is 4.90 Å². The third-order valence-electron chi connectivity index (χ3n) is 4.25. The van der Waals surface area contributed by atoms with Gasteiger partial charge < -0.3 is 15.1 Å². The second-order valence-electron chi connectivity index (χ2n) is 6.13. The van der Waals surface area contributed by atoms with Gasteiger partial charge in [0.25, 0.3) is 0 Å². The number of para-hydroxylation sites is 2. The quantitative estimate of drug-likeness (QED) is 0.918. The molecule has 0 aromatic heterocycles. The Morgan fingerprint density at radius 1 is 1.17 bits per heavy atom. The van der Waals surface area contributed by atoms with E-state index in [-0.39, 0.29) is 11.8 Å². The van der Waals surface area contributed by atoms with Crippen LogP contribution in [0.4, 0.5) is 20.6 Å². The minimum absolute atomic E-state index is 0.203. The van der Waals surface area contributed by atoms with Gasteiger partial charge in [0.2, 0.25) is 0 Å². The molecule has 3 rings (SSSR count). The van der Waals surface area contributed by atoms with Gasteiger partial charge in [-0.05, 0) is 42.7 Å². The van der Waals surface area contributed by atoms with Crippen LogP contribution in [0.3, 0.4) is 0 Å². The van der Waals surface area contributed by atoms with Gasteiger partial charge in [0.05, 0.1) is 11.4 Å². The van der Waals surface area contributed by atoms with Gasteiger partial charge >= 0.3 is 6.03 Å². The molecule has 1 saturated heterocycles. The molecule has 1 fully saturated rings. The molecular formula is C19H22FN3O. The van der Waals surface area contributed by atoms with Gasteiger partial charge in [-0.2, -0.15) is 0 Å². The van der Waals surface area contributed by atoms with Gasteiger partial charge in [0.1, 0.15) is 5.82 Å². The Balaban J connectivity index is 1.68. The van der Waals surface area contributed by atoms with Gasteiger partial charge in [-0.25, -0.2) is 9.18 Å². The van der Waals surface area contributed by atoms with Gasteiger partial charge in [-0.1, -0.05) is 24.3 Å². The number of halogens is 1. The van der Waals surface area contributed by atoms with E-state index in [1.165, 1.54) is 25.0 Å². The number of rotatable bonds is 4. The number of carbonyl (C=O) groups is 1. The molecule has 1 N–H and O–H groups in total. The highest BCUT2D eigenvalue weighted by Gasteiger charge is 2.17. The summed E-state index contributed by atoms with van der Waals surface area (Å²) in [5.41, 5.74) is 2.64. The number of anilines is 2. The van der Waals surface area contributed by atoms with Crippen LogP contribution in [-0.4, -0.2) is 31.1 Å². The molecule has 126 valence electrons. The molecule has 0 saturated carbocycles. The SMILES string of the molecule is CN(Cc1cccc(F)c1)C(=O)Nc1ccccc1N1CCCC1. The van der Waals surface area contributed by atoms with Crippen molar-refractivity contribution in [2.24, 2.45) is 0 Å². The first-order chi connectivity index (χ1) is 11.6. The van der Waals surface area contributed by atoms with Crippen LogP contribution in [0.5, 0.6) is 0 Å². The Kier molecular flexibility index (Phi) is 4.99. The number of nitrogens with one attached hydrogen (secondary N) is 1. The summed E-state index contributed by atoms with van der Waals surface area (Å²) in [6.45, 7) is 2.40. The van der Waals surface area contributed by atoms with E-state index >= 15 is 0 Å². The van der Waals surface area contributed by atoms with Crippen molar-refractivity contribution >= 4 is 17.4 Å². The predicted molar refractivity (Wildman–Crippen MR) is 94.8 cm³/mol. The topological polar surface area (TPSA) is 35.6 Å². The lowest BCUT2D eigenvalue weighted by molar-refractivity contribution is 0.220. The molecule has 0 spiro atoms. The maximum atomic E-state index is 13.3. The second kappa shape index (κ2) is 7.34. The van der Waals surface area contributed by atoms with E-state index < -0.39 is 0 Å². The summed E-state index contributed by atoms with van der Waals surface area (Å²) in [4.78, 5) is 16.3. The van der Waals surface area contributed by atoms with Crippen molar-refractivity contribution in [3.63, 3.8) is 0 Å². The first-order valence-corrected chi connectivity index (χ1v) is 8.24. The Labute approximate surface area is 141 Å². The van der Waals surface area contributed by atoms with Crippen molar-refractivity contribution in [3.05, 3.63) is 59.9 Å². The van der Waals surface area contributed by atoms with E-state index in [0.717, 1.165) is 30.0 Å². The second-order valence-corrected chi connectivity index (χ2v) is 6.13. The van der Waals surface area contributed by atoms with Crippen LogP contribution in [0.2, 0.25) is 0 Å². The van der Waals surface area contributed by atoms with Gasteiger partial charge in [0.15, 0.2) is 0 Å². The minimum atomic E-state index is -0.291.